The Balaban J connectivity index is 0.000000237. The average molecular weight is 854 g/mol. The molecular weight excluding hydrogens is 799 g/mol. The number of pyridine rings is 2. The van der Waals surface area contributed by atoms with E-state index in [9.17, 15) is 14.4 Å². The average Bonchev–Trinajstić information content (AvgIpc) is 3.27. The Kier molecular flexibility index (Phi) is 18.0. The van der Waals surface area contributed by atoms with E-state index in [0.29, 0.717) is 18.5 Å². The number of anilines is 2. The van der Waals surface area contributed by atoms with Crippen molar-refractivity contribution < 1.29 is 19.1 Å². The van der Waals surface area contributed by atoms with Crippen LogP contribution in [-0.2, 0) is 38.7 Å². The Hall–Kier alpha value is -5.91. The number of likely N-dealkylation sites (N-methyl/N-ethyl adjacent to an activating group) is 1. The second kappa shape index (κ2) is 23.8. The zero-order chi connectivity index (χ0) is 43.5. The number of nitrogens with zero attached hydrogens (tertiary/aromatic N) is 3. The minimum absolute atomic E-state index is 0.0543. The molecule has 61 heavy (non-hydrogen) atoms. The van der Waals surface area contributed by atoms with Gasteiger partial charge in [0.2, 0.25) is 11.8 Å². The Bertz CT molecular complexity index is 2220. The van der Waals surface area contributed by atoms with E-state index in [-0.39, 0.29) is 17.7 Å². The summed E-state index contributed by atoms with van der Waals surface area (Å²) in [7, 11) is 1.58. The molecule has 2 heterocycles. The van der Waals surface area contributed by atoms with E-state index in [1.165, 1.54) is 20.9 Å². The van der Waals surface area contributed by atoms with Crippen molar-refractivity contribution in [1.82, 2.24) is 14.9 Å². The standard InChI is InChI=1S/C27H31N3O3S.C23H24N2OS/c1-27(2,3)33-26(32)30(4)24(17-21-11-8-16-28-18-21)25(31)29-22-12-14-23(15-13-22)34-19-20-9-6-5-7-10-20;1-2-20(15-19-9-6-14-24-16-19)23(26)25-21-10-12-22(13-11-21)27-17-18-7-4-3-5-8-18/h5-16,18,24H,17,19H2,1-4H3,(H,29,31);3-14,16,20H,2,15,17H2,1H3,(H,25,26)/t24-;20-/m00/s1. The minimum Gasteiger partial charge on any atom is -0.444 e. The molecule has 11 heteroatoms. The maximum atomic E-state index is 13.2. The normalized spacial score (nSPS) is 11.9. The molecule has 0 saturated heterocycles. The number of benzene rings is 4. The molecule has 2 atom stereocenters. The molecule has 316 valence electrons. The summed E-state index contributed by atoms with van der Waals surface area (Å²) in [6.07, 6.45) is 8.23. The molecule has 9 nitrogen and oxygen atoms in total. The highest BCUT2D eigenvalue weighted by Gasteiger charge is 2.31. The molecule has 0 bridgehead atoms. The predicted molar refractivity (Wildman–Crippen MR) is 250 cm³/mol. The first-order valence-electron chi connectivity index (χ1n) is 20.3. The van der Waals surface area contributed by atoms with E-state index in [1.807, 2.05) is 98.0 Å². The Labute approximate surface area is 369 Å². The van der Waals surface area contributed by atoms with Gasteiger partial charge in [0.05, 0.1) is 0 Å². The number of amides is 3. The molecule has 0 radical (unpaired) electrons. The van der Waals surface area contributed by atoms with Crippen LogP contribution in [0.4, 0.5) is 16.2 Å². The van der Waals surface area contributed by atoms with Crippen molar-refractivity contribution in [2.24, 2.45) is 5.92 Å². The van der Waals surface area contributed by atoms with Crippen molar-refractivity contribution in [2.75, 3.05) is 17.7 Å². The predicted octanol–water partition coefficient (Wildman–Crippen LogP) is 11.4. The number of hydrogen-bond donors (Lipinski definition) is 2. The quantitative estimate of drug-likeness (QED) is 0.0926. The van der Waals surface area contributed by atoms with E-state index in [1.54, 1.807) is 69.9 Å². The molecule has 3 amide bonds. The van der Waals surface area contributed by atoms with Crippen molar-refractivity contribution >= 4 is 52.8 Å². The number of thioether (sulfide) groups is 2. The zero-order valence-corrected chi connectivity index (χ0v) is 37.1. The first-order valence-corrected chi connectivity index (χ1v) is 22.3. The molecule has 0 aliphatic heterocycles. The molecule has 4 aromatic carbocycles. The third-order valence-electron chi connectivity index (χ3n) is 9.41. The lowest BCUT2D eigenvalue weighted by molar-refractivity contribution is -0.121. The molecule has 0 aliphatic carbocycles. The summed E-state index contributed by atoms with van der Waals surface area (Å²) in [5, 5.41) is 5.99. The first kappa shape index (κ1) is 46.2. The van der Waals surface area contributed by atoms with E-state index < -0.39 is 17.7 Å². The smallest absolute Gasteiger partial charge is 0.410 e. The summed E-state index contributed by atoms with van der Waals surface area (Å²) in [5.41, 5.74) is 5.36. The van der Waals surface area contributed by atoms with Crippen molar-refractivity contribution in [3.05, 3.63) is 181 Å². The molecule has 0 fully saturated rings. The van der Waals surface area contributed by atoms with Crippen LogP contribution in [-0.4, -0.2) is 51.5 Å². The van der Waals surface area contributed by atoms with Crippen LogP contribution in [0.15, 0.2) is 168 Å². The lowest BCUT2D eigenvalue weighted by Crippen LogP contribution is -2.48. The topological polar surface area (TPSA) is 114 Å². The van der Waals surface area contributed by atoms with Crippen LogP contribution >= 0.6 is 23.5 Å². The van der Waals surface area contributed by atoms with Gasteiger partial charge in [0.1, 0.15) is 11.6 Å². The third kappa shape index (κ3) is 16.2. The van der Waals surface area contributed by atoms with Gasteiger partial charge < -0.3 is 15.4 Å². The lowest BCUT2D eigenvalue weighted by atomic mass is 9.97. The fraction of sp³-hybridized carbons (Fsp3) is 0.260. The molecule has 6 aromatic rings. The first-order chi connectivity index (χ1) is 29.5. The van der Waals surface area contributed by atoms with Gasteiger partial charge >= 0.3 is 6.09 Å². The van der Waals surface area contributed by atoms with Gasteiger partial charge in [-0.3, -0.25) is 24.5 Å². The summed E-state index contributed by atoms with van der Waals surface area (Å²) < 4.78 is 5.49. The molecule has 2 N–H and O–H groups in total. The molecule has 0 saturated carbocycles. The van der Waals surface area contributed by atoms with E-state index >= 15 is 0 Å². The fourth-order valence-electron chi connectivity index (χ4n) is 6.06. The number of ether oxygens (including phenoxy) is 1. The molecule has 6 rings (SSSR count). The highest BCUT2D eigenvalue weighted by atomic mass is 32.2. The van der Waals surface area contributed by atoms with Crippen molar-refractivity contribution in [3.8, 4) is 0 Å². The summed E-state index contributed by atoms with van der Waals surface area (Å²) in [4.78, 5) is 50.4. The Morgan fingerprint density at radius 3 is 1.48 bits per heavy atom. The largest absolute Gasteiger partial charge is 0.444 e. The van der Waals surface area contributed by atoms with Crippen LogP contribution in [0.3, 0.4) is 0 Å². The number of hydrogen-bond acceptors (Lipinski definition) is 8. The summed E-state index contributed by atoms with van der Waals surface area (Å²) in [5.74, 6) is 1.53. The second-order valence-electron chi connectivity index (χ2n) is 15.4. The minimum atomic E-state index is -0.758. The molecule has 2 aromatic heterocycles. The Morgan fingerprint density at radius 1 is 0.607 bits per heavy atom. The number of carbonyl (C=O) groups is 3. The molecular formula is C50H55N5O4S2. The third-order valence-corrected chi connectivity index (χ3v) is 11.6. The monoisotopic (exact) mass is 853 g/mol. The Morgan fingerprint density at radius 2 is 1.05 bits per heavy atom. The van der Waals surface area contributed by atoms with Crippen LogP contribution in [0.1, 0.15) is 56.4 Å². The summed E-state index contributed by atoms with van der Waals surface area (Å²) in [6, 6.07) is 43.3. The van der Waals surface area contributed by atoms with Gasteiger partial charge in [-0.2, -0.15) is 0 Å². The highest BCUT2D eigenvalue weighted by Crippen LogP contribution is 2.26. The van der Waals surface area contributed by atoms with Crippen LogP contribution < -0.4 is 10.6 Å². The summed E-state index contributed by atoms with van der Waals surface area (Å²) in [6.45, 7) is 7.44. The fourth-order valence-corrected chi connectivity index (χ4v) is 7.76. The maximum absolute atomic E-state index is 13.2. The van der Waals surface area contributed by atoms with Gasteiger partial charge in [-0.1, -0.05) is 79.7 Å². The van der Waals surface area contributed by atoms with Gasteiger partial charge in [0.25, 0.3) is 0 Å². The van der Waals surface area contributed by atoms with Gasteiger partial charge in [0, 0.05) is 76.8 Å². The van der Waals surface area contributed by atoms with E-state index in [4.69, 9.17) is 4.74 Å². The summed E-state index contributed by atoms with van der Waals surface area (Å²) >= 11 is 3.53. The lowest BCUT2D eigenvalue weighted by Gasteiger charge is -2.30. The van der Waals surface area contributed by atoms with Crippen LogP contribution in [0, 0.1) is 5.92 Å². The number of aromatic nitrogens is 2. The number of carbonyl (C=O) groups excluding carboxylic acids is 3. The van der Waals surface area contributed by atoms with E-state index in [0.717, 1.165) is 39.6 Å². The van der Waals surface area contributed by atoms with Crippen molar-refractivity contribution in [1.29, 1.82) is 0 Å². The van der Waals surface area contributed by atoms with Gasteiger partial charge in [-0.05, 0) is 117 Å². The van der Waals surface area contributed by atoms with Gasteiger partial charge in [0.15, 0.2) is 0 Å². The number of rotatable bonds is 16. The SMILES string of the molecule is CC[C@@H](Cc1cccnc1)C(=O)Nc1ccc(SCc2ccccc2)cc1.CN(C(=O)OC(C)(C)C)[C@@H](Cc1cccnc1)C(=O)Nc1ccc(SCc2ccccc2)cc1. The van der Waals surface area contributed by atoms with E-state index in [2.05, 4.69) is 69.1 Å². The zero-order valence-electron chi connectivity index (χ0n) is 35.5. The highest BCUT2D eigenvalue weighted by molar-refractivity contribution is 7.98. The van der Waals surface area contributed by atoms with Gasteiger partial charge in [-0.15, -0.1) is 23.5 Å². The molecule has 0 unspecified atom stereocenters. The molecule has 0 aliphatic rings. The number of nitrogens with one attached hydrogen (secondary N) is 2. The van der Waals surface area contributed by atoms with Gasteiger partial charge in [-0.25, -0.2) is 4.79 Å². The van der Waals surface area contributed by atoms with Crippen LogP contribution in [0.25, 0.3) is 0 Å². The van der Waals surface area contributed by atoms with Crippen LogP contribution in [0.5, 0.6) is 0 Å². The second-order valence-corrected chi connectivity index (χ2v) is 17.5. The van der Waals surface area contributed by atoms with Crippen molar-refractivity contribution in [3.63, 3.8) is 0 Å². The molecule has 0 spiro atoms. The van der Waals surface area contributed by atoms with Crippen LogP contribution in [0.2, 0.25) is 0 Å². The maximum Gasteiger partial charge on any atom is 0.410 e. The van der Waals surface area contributed by atoms with Crippen molar-refractivity contribution in [2.45, 2.75) is 79.9 Å².